The van der Waals surface area contributed by atoms with Crippen molar-refractivity contribution in [2.75, 3.05) is 13.2 Å². The van der Waals surface area contributed by atoms with Crippen LogP contribution in [0.25, 0.3) is 0 Å². The van der Waals surface area contributed by atoms with Crippen LogP contribution in [0.15, 0.2) is 0 Å². The minimum Gasteiger partial charge on any atom is -0.498 e. The van der Waals surface area contributed by atoms with Crippen molar-refractivity contribution in [2.24, 2.45) is 5.92 Å². The Balaban J connectivity index is 2.27. The second-order valence-electron chi connectivity index (χ2n) is 4.23. The maximum Gasteiger partial charge on any atom is 0.460 e. The van der Waals surface area contributed by atoms with E-state index in [1.165, 1.54) is 23.4 Å². The molecule has 1 saturated heterocycles. The number of hydrogen-bond acceptors (Lipinski definition) is 2. The van der Waals surface area contributed by atoms with Crippen LogP contribution in [0, 0.1) is 5.92 Å². The van der Waals surface area contributed by atoms with Crippen LogP contribution in [0.1, 0.15) is 33.6 Å². The summed E-state index contributed by atoms with van der Waals surface area (Å²) in [6.07, 6.45) is 2.85. The summed E-state index contributed by atoms with van der Waals surface area (Å²) >= 11 is -0.862. The van der Waals surface area contributed by atoms with Crippen LogP contribution in [-0.2, 0) is 8.53 Å². The zero-order valence-electron chi connectivity index (χ0n) is 9.79. The first-order valence-electron chi connectivity index (χ1n) is 6.01. The molecule has 0 spiro atoms. The second kappa shape index (κ2) is 6.85. The smallest absolute Gasteiger partial charge is 0.460 e. The Labute approximate surface area is 92.7 Å². The molecule has 82 valence electrons. The van der Waals surface area contributed by atoms with Gasteiger partial charge < -0.3 is 8.53 Å². The van der Waals surface area contributed by atoms with Crippen molar-refractivity contribution < 1.29 is 8.53 Å². The van der Waals surface area contributed by atoms with Gasteiger partial charge in [-0.25, -0.2) is 0 Å². The zero-order valence-corrected chi connectivity index (χ0v) is 10.9. The molecule has 0 radical (unpaired) electrons. The first kappa shape index (κ1) is 12.5. The molecule has 14 heavy (non-hydrogen) atoms. The van der Waals surface area contributed by atoms with Crippen molar-refractivity contribution in [1.29, 1.82) is 0 Å². The highest BCUT2D eigenvalue weighted by Crippen LogP contribution is 2.22. The molecule has 1 aliphatic heterocycles. The Morgan fingerprint density at radius 1 is 1.29 bits per heavy atom. The molecule has 0 aliphatic carbocycles. The molecule has 0 aromatic carbocycles. The highest BCUT2D eigenvalue weighted by atomic mass is 27.2. The van der Waals surface area contributed by atoms with E-state index in [1.807, 2.05) is 0 Å². The minimum atomic E-state index is -0.862. The highest BCUT2D eigenvalue weighted by molar-refractivity contribution is 6.51. The lowest BCUT2D eigenvalue weighted by Gasteiger charge is -2.30. The van der Waals surface area contributed by atoms with Gasteiger partial charge >= 0.3 is 14.5 Å². The number of ether oxygens (including phenoxy) is 1. The minimum absolute atomic E-state index is 0.468. The van der Waals surface area contributed by atoms with Gasteiger partial charge in [0.05, 0.1) is 0 Å². The van der Waals surface area contributed by atoms with E-state index >= 15 is 0 Å². The maximum absolute atomic E-state index is 6.17. The Kier molecular flexibility index (Phi) is 6.13. The predicted octanol–water partition coefficient (Wildman–Crippen LogP) is 2.85. The molecule has 3 heteroatoms. The van der Waals surface area contributed by atoms with E-state index in [1.54, 1.807) is 0 Å². The lowest BCUT2D eigenvalue weighted by molar-refractivity contribution is 0.0228. The highest BCUT2D eigenvalue weighted by Gasteiger charge is 2.25. The molecule has 0 amide bonds. The third-order valence-electron chi connectivity index (χ3n) is 3.25. The summed E-state index contributed by atoms with van der Waals surface area (Å²) in [5, 5.41) is 2.54. The fourth-order valence-electron chi connectivity index (χ4n) is 2.08. The summed E-state index contributed by atoms with van der Waals surface area (Å²) < 4.78 is 11.5. The molecule has 1 rings (SSSR count). The molecular formula is C11H23AlO2. The van der Waals surface area contributed by atoms with E-state index in [-0.39, 0.29) is 0 Å². The van der Waals surface area contributed by atoms with Gasteiger partial charge in [0.25, 0.3) is 0 Å². The number of rotatable bonds is 5. The van der Waals surface area contributed by atoms with Crippen LogP contribution < -0.4 is 0 Å². The van der Waals surface area contributed by atoms with Crippen molar-refractivity contribution in [3.05, 3.63) is 0 Å². The van der Waals surface area contributed by atoms with Gasteiger partial charge in [0, 0.05) is 19.3 Å². The standard InChI is InChI=1S/C7H13O2.2C2H5.Al/c1-6(8)7-2-4-9-5-3-7;2*1-2;/h6-7H,2-5H2,1H3;2*1H2,2H3;/q-1;;;+1. The van der Waals surface area contributed by atoms with Crippen molar-refractivity contribution in [1.82, 2.24) is 0 Å². The van der Waals surface area contributed by atoms with Gasteiger partial charge in [-0.3, -0.25) is 0 Å². The quantitative estimate of drug-likeness (QED) is 0.655. The van der Waals surface area contributed by atoms with Gasteiger partial charge in [-0.05, 0) is 25.7 Å². The molecule has 0 saturated carbocycles. The molecule has 1 heterocycles. The van der Waals surface area contributed by atoms with Gasteiger partial charge in [0.1, 0.15) is 0 Å². The van der Waals surface area contributed by atoms with E-state index in [9.17, 15) is 0 Å². The van der Waals surface area contributed by atoms with Crippen LogP contribution in [0.2, 0.25) is 10.6 Å². The first-order valence-corrected chi connectivity index (χ1v) is 8.11. The van der Waals surface area contributed by atoms with Crippen molar-refractivity contribution >= 4 is 14.5 Å². The molecule has 0 bridgehead atoms. The second-order valence-corrected chi connectivity index (χ2v) is 7.38. The molecule has 1 fully saturated rings. The Hall–Kier alpha value is 0.452. The average Bonchev–Trinajstić information content (AvgIpc) is 2.26. The van der Waals surface area contributed by atoms with E-state index in [4.69, 9.17) is 8.53 Å². The van der Waals surface area contributed by atoms with E-state index < -0.39 is 14.5 Å². The zero-order chi connectivity index (χ0) is 10.4. The monoisotopic (exact) mass is 214 g/mol. The van der Waals surface area contributed by atoms with Crippen LogP contribution in [0.5, 0.6) is 0 Å². The first-order chi connectivity index (χ1) is 6.77. The fourth-order valence-corrected chi connectivity index (χ4v) is 3.87. The van der Waals surface area contributed by atoms with Crippen LogP contribution in [0.4, 0.5) is 0 Å². The fraction of sp³-hybridized carbons (Fsp3) is 1.00. The van der Waals surface area contributed by atoms with Crippen molar-refractivity contribution in [2.45, 2.75) is 50.3 Å². The Morgan fingerprint density at radius 2 is 1.86 bits per heavy atom. The third kappa shape index (κ3) is 3.90. The van der Waals surface area contributed by atoms with Gasteiger partial charge in [0.15, 0.2) is 0 Å². The summed E-state index contributed by atoms with van der Waals surface area (Å²) in [7, 11) is 0. The van der Waals surface area contributed by atoms with E-state index in [0.717, 1.165) is 19.1 Å². The molecule has 1 atom stereocenters. The van der Waals surface area contributed by atoms with Gasteiger partial charge in [-0.1, -0.05) is 24.4 Å². The molecule has 1 unspecified atom stereocenters. The van der Waals surface area contributed by atoms with Crippen molar-refractivity contribution in [3.63, 3.8) is 0 Å². The van der Waals surface area contributed by atoms with E-state index in [2.05, 4.69) is 20.8 Å². The lowest BCUT2D eigenvalue weighted by atomic mass is 9.95. The third-order valence-corrected chi connectivity index (χ3v) is 5.88. The number of hydrogen-bond donors (Lipinski definition) is 0. The van der Waals surface area contributed by atoms with Crippen LogP contribution in [0.3, 0.4) is 0 Å². The topological polar surface area (TPSA) is 18.5 Å². The SMILES string of the molecule is C[CH2][Al]([CH2]C)[O]C(C)C1CCOCC1. The summed E-state index contributed by atoms with van der Waals surface area (Å²) in [4.78, 5) is 0. The predicted molar refractivity (Wildman–Crippen MR) is 60.8 cm³/mol. The molecule has 0 aromatic rings. The summed E-state index contributed by atoms with van der Waals surface area (Å²) in [5.41, 5.74) is 0. The van der Waals surface area contributed by atoms with E-state index in [0.29, 0.717) is 6.10 Å². The van der Waals surface area contributed by atoms with Gasteiger partial charge in [-0.15, -0.1) is 0 Å². The molecule has 0 N–H and O–H groups in total. The Morgan fingerprint density at radius 3 is 2.36 bits per heavy atom. The van der Waals surface area contributed by atoms with Crippen molar-refractivity contribution in [3.8, 4) is 0 Å². The van der Waals surface area contributed by atoms with Crippen LogP contribution in [-0.4, -0.2) is 33.8 Å². The summed E-state index contributed by atoms with van der Waals surface area (Å²) in [6.45, 7) is 8.64. The van der Waals surface area contributed by atoms with Gasteiger partial charge in [0.2, 0.25) is 0 Å². The largest absolute Gasteiger partial charge is 0.498 e. The maximum atomic E-state index is 6.17. The van der Waals surface area contributed by atoms with Gasteiger partial charge in [-0.2, -0.15) is 0 Å². The summed E-state index contributed by atoms with van der Waals surface area (Å²) in [6, 6.07) is 0. The van der Waals surface area contributed by atoms with Crippen LogP contribution >= 0.6 is 0 Å². The summed E-state index contributed by atoms with van der Waals surface area (Å²) in [5.74, 6) is 0.747. The lowest BCUT2D eigenvalue weighted by Crippen LogP contribution is -2.32. The molecule has 0 aromatic heterocycles. The molecule has 1 aliphatic rings. The average molecular weight is 214 g/mol. The Bertz CT molecular complexity index is 142. The molecular weight excluding hydrogens is 191 g/mol. The molecule has 2 nitrogen and oxygen atoms in total. The normalized spacial score (nSPS) is 20.8.